The molecule has 0 fully saturated rings. The SMILES string of the molecule is CCONC(C)CC(C)N(C)C. The molecule has 3 heteroatoms. The summed E-state index contributed by atoms with van der Waals surface area (Å²) in [5, 5.41) is 0. The van der Waals surface area contributed by atoms with Crippen molar-refractivity contribution in [2.45, 2.75) is 39.3 Å². The van der Waals surface area contributed by atoms with Gasteiger partial charge < -0.3 is 9.74 Å². The Kier molecular flexibility index (Phi) is 6.34. The van der Waals surface area contributed by atoms with E-state index in [4.69, 9.17) is 4.84 Å². The van der Waals surface area contributed by atoms with Gasteiger partial charge in [0, 0.05) is 12.1 Å². The van der Waals surface area contributed by atoms with Gasteiger partial charge in [-0.15, -0.1) is 0 Å². The largest absolute Gasteiger partial charge is 0.307 e. The number of nitrogens with one attached hydrogen (secondary N) is 1. The average Bonchev–Trinajstić information content (AvgIpc) is 2.00. The summed E-state index contributed by atoms with van der Waals surface area (Å²) in [5.41, 5.74) is 2.99. The van der Waals surface area contributed by atoms with Crippen LogP contribution in [0.15, 0.2) is 0 Å². The third-order valence-corrected chi connectivity index (χ3v) is 2.01. The van der Waals surface area contributed by atoms with Gasteiger partial charge in [0.25, 0.3) is 0 Å². The van der Waals surface area contributed by atoms with Crippen molar-refractivity contribution in [3.63, 3.8) is 0 Å². The highest BCUT2D eigenvalue weighted by atomic mass is 16.6. The second-order valence-electron chi connectivity index (χ2n) is 3.50. The first kappa shape index (κ1) is 11.9. The summed E-state index contributed by atoms with van der Waals surface area (Å²) in [6, 6.07) is 1.01. The molecule has 0 aliphatic heterocycles. The van der Waals surface area contributed by atoms with E-state index < -0.39 is 0 Å². The van der Waals surface area contributed by atoms with E-state index in [-0.39, 0.29) is 0 Å². The second-order valence-corrected chi connectivity index (χ2v) is 3.50. The molecule has 0 bridgehead atoms. The van der Waals surface area contributed by atoms with Crippen LogP contribution < -0.4 is 5.48 Å². The van der Waals surface area contributed by atoms with Gasteiger partial charge in [0.05, 0.1) is 6.61 Å². The van der Waals surface area contributed by atoms with Crippen LogP contribution in [-0.2, 0) is 4.84 Å². The van der Waals surface area contributed by atoms with E-state index in [2.05, 4.69) is 38.3 Å². The summed E-state index contributed by atoms with van der Waals surface area (Å²) >= 11 is 0. The first-order chi connectivity index (χ1) is 5.57. The zero-order valence-corrected chi connectivity index (χ0v) is 8.92. The van der Waals surface area contributed by atoms with Gasteiger partial charge in [-0.2, -0.15) is 5.48 Å². The molecule has 2 atom stereocenters. The van der Waals surface area contributed by atoms with E-state index >= 15 is 0 Å². The van der Waals surface area contributed by atoms with Gasteiger partial charge >= 0.3 is 0 Å². The Morgan fingerprint density at radius 3 is 2.33 bits per heavy atom. The highest BCUT2D eigenvalue weighted by molar-refractivity contribution is 4.66. The van der Waals surface area contributed by atoms with Crippen LogP contribution in [0, 0.1) is 0 Å². The van der Waals surface area contributed by atoms with Crippen LogP contribution >= 0.6 is 0 Å². The van der Waals surface area contributed by atoms with E-state index in [0.717, 1.165) is 13.0 Å². The molecule has 74 valence electrons. The van der Waals surface area contributed by atoms with Crippen LogP contribution in [0.2, 0.25) is 0 Å². The fourth-order valence-corrected chi connectivity index (χ4v) is 0.996. The lowest BCUT2D eigenvalue weighted by Gasteiger charge is -2.23. The summed E-state index contributed by atoms with van der Waals surface area (Å²) < 4.78 is 0. The molecule has 1 N–H and O–H groups in total. The van der Waals surface area contributed by atoms with Gasteiger partial charge in [0.2, 0.25) is 0 Å². The van der Waals surface area contributed by atoms with Crippen molar-refractivity contribution >= 4 is 0 Å². The Balaban J connectivity index is 3.47. The maximum absolute atomic E-state index is 5.11. The molecule has 0 aromatic heterocycles. The van der Waals surface area contributed by atoms with Crippen LogP contribution in [0.1, 0.15) is 27.2 Å². The summed E-state index contributed by atoms with van der Waals surface area (Å²) in [4.78, 5) is 7.32. The van der Waals surface area contributed by atoms with Crippen molar-refractivity contribution < 1.29 is 4.84 Å². The van der Waals surface area contributed by atoms with Crippen LogP contribution in [0.25, 0.3) is 0 Å². The Hall–Kier alpha value is -0.120. The first-order valence-electron chi connectivity index (χ1n) is 4.61. The minimum Gasteiger partial charge on any atom is -0.307 e. The van der Waals surface area contributed by atoms with E-state index in [0.29, 0.717) is 12.1 Å². The molecule has 0 aromatic rings. The minimum atomic E-state index is 0.419. The van der Waals surface area contributed by atoms with Crippen LogP contribution in [-0.4, -0.2) is 37.7 Å². The van der Waals surface area contributed by atoms with Crippen LogP contribution in [0.3, 0.4) is 0 Å². The molecular formula is C9H22N2O. The number of nitrogens with zero attached hydrogens (tertiary/aromatic N) is 1. The second kappa shape index (κ2) is 6.40. The van der Waals surface area contributed by atoms with Crippen molar-refractivity contribution in [3.05, 3.63) is 0 Å². The number of hydrogen-bond donors (Lipinski definition) is 1. The molecule has 0 rings (SSSR count). The highest BCUT2D eigenvalue weighted by Crippen LogP contribution is 2.02. The van der Waals surface area contributed by atoms with Gasteiger partial charge in [0.15, 0.2) is 0 Å². The molecule has 0 aliphatic rings. The molecule has 0 radical (unpaired) electrons. The Morgan fingerprint density at radius 2 is 1.92 bits per heavy atom. The predicted molar refractivity (Wildman–Crippen MR) is 52.0 cm³/mol. The fourth-order valence-electron chi connectivity index (χ4n) is 0.996. The minimum absolute atomic E-state index is 0.419. The lowest BCUT2D eigenvalue weighted by atomic mass is 10.1. The van der Waals surface area contributed by atoms with Crippen LogP contribution in [0.4, 0.5) is 0 Å². The summed E-state index contributed by atoms with van der Waals surface area (Å²) in [6.45, 7) is 7.05. The van der Waals surface area contributed by atoms with Crippen molar-refractivity contribution in [2.75, 3.05) is 20.7 Å². The predicted octanol–water partition coefficient (Wildman–Crippen LogP) is 1.26. The quantitative estimate of drug-likeness (QED) is 0.613. The topological polar surface area (TPSA) is 24.5 Å². The van der Waals surface area contributed by atoms with Gasteiger partial charge in [-0.1, -0.05) is 0 Å². The Labute approximate surface area is 76.0 Å². The summed E-state index contributed by atoms with van der Waals surface area (Å²) in [5.74, 6) is 0. The van der Waals surface area contributed by atoms with Crippen LogP contribution in [0.5, 0.6) is 0 Å². The highest BCUT2D eigenvalue weighted by Gasteiger charge is 2.09. The smallest absolute Gasteiger partial charge is 0.0654 e. The molecule has 0 saturated heterocycles. The molecule has 0 amide bonds. The maximum atomic E-state index is 5.11. The average molecular weight is 174 g/mol. The molecule has 0 spiro atoms. The normalized spacial score (nSPS) is 16.5. The maximum Gasteiger partial charge on any atom is 0.0654 e. The molecule has 0 aliphatic carbocycles. The lowest BCUT2D eigenvalue weighted by Crippen LogP contribution is -2.34. The van der Waals surface area contributed by atoms with Crippen molar-refractivity contribution in [2.24, 2.45) is 0 Å². The van der Waals surface area contributed by atoms with Crippen molar-refractivity contribution in [3.8, 4) is 0 Å². The van der Waals surface area contributed by atoms with E-state index in [1.807, 2.05) is 6.92 Å². The number of rotatable bonds is 6. The third-order valence-electron chi connectivity index (χ3n) is 2.01. The lowest BCUT2D eigenvalue weighted by molar-refractivity contribution is 0.0220. The first-order valence-corrected chi connectivity index (χ1v) is 4.61. The number of hydroxylamine groups is 1. The summed E-state index contributed by atoms with van der Waals surface area (Å²) in [7, 11) is 4.19. The standard InChI is InChI=1S/C9H22N2O/c1-6-12-10-8(2)7-9(3)11(4)5/h8-10H,6-7H2,1-5H3. The molecule has 3 nitrogen and oxygen atoms in total. The molecule has 2 unspecified atom stereocenters. The number of hydrogen-bond acceptors (Lipinski definition) is 3. The van der Waals surface area contributed by atoms with Gasteiger partial charge in [0.1, 0.15) is 0 Å². The zero-order valence-electron chi connectivity index (χ0n) is 8.92. The molecule has 0 heterocycles. The molecule has 0 aromatic carbocycles. The van der Waals surface area contributed by atoms with Gasteiger partial charge in [-0.05, 0) is 41.3 Å². The fraction of sp³-hybridized carbons (Fsp3) is 1.00. The Morgan fingerprint density at radius 1 is 1.33 bits per heavy atom. The molecule has 12 heavy (non-hydrogen) atoms. The van der Waals surface area contributed by atoms with E-state index in [1.165, 1.54) is 0 Å². The van der Waals surface area contributed by atoms with E-state index in [9.17, 15) is 0 Å². The van der Waals surface area contributed by atoms with Gasteiger partial charge in [-0.25, -0.2) is 0 Å². The van der Waals surface area contributed by atoms with Crippen molar-refractivity contribution in [1.29, 1.82) is 0 Å². The third kappa shape index (κ3) is 5.52. The summed E-state index contributed by atoms with van der Waals surface area (Å²) in [6.07, 6.45) is 1.10. The Bertz CT molecular complexity index is 107. The molecular weight excluding hydrogens is 152 g/mol. The monoisotopic (exact) mass is 174 g/mol. The van der Waals surface area contributed by atoms with Crippen molar-refractivity contribution in [1.82, 2.24) is 10.4 Å². The van der Waals surface area contributed by atoms with E-state index in [1.54, 1.807) is 0 Å². The zero-order chi connectivity index (χ0) is 9.56. The van der Waals surface area contributed by atoms with Gasteiger partial charge in [-0.3, -0.25) is 0 Å². The molecule has 0 saturated carbocycles.